The standard InChI is InChI=1S/C12H14ClN3/c1-9(2)12-15-5-6-16(12)8-11-7-10(13)3-4-14-11/h3-7,9H,8H2,1-2H3. The van der Waals surface area contributed by atoms with E-state index in [2.05, 4.69) is 28.4 Å². The van der Waals surface area contributed by atoms with Crippen LogP contribution >= 0.6 is 11.6 Å². The second-order valence-corrected chi connectivity index (χ2v) is 4.47. The Morgan fingerprint density at radius 3 is 2.81 bits per heavy atom. The number of aromatic nitrogens is 3. The third-order valence-corrected chi connectivity index (χ3v) is 2.61. The van der Waals surface area contributed by atoms with Crippen molar-refractivity contribution in [2.45, 2.75) is 26.3 Å². The largest absolute Gasteiger partial charge is 0.329 e. The maximum atomic E-state index is 5.92. The molecule has 0 aliphatic heterocycles. The van der Waals surface area contributed by atoms with Gasteiger partial charge in [0.25, 0.3) is 0 Å². The minimum Gasteiger partial charge on any atom is -0.329 e. The van der Waals surface area contributed by atoms with Crippen LogP contribution in [0.25, 0.3) is 0 Å². The van der Waals surface area contributed by atoms with Gasteiger partial charge in [0.1, 0.15) is 5.82 Å². The lowest BCUT2D eigenvalue weighted by atomic mass is 10.2. The molecule has 0 aliphatic carbocycles. The van der Waals surface area contributed by atoms with Crippen LogP contribution in [0.2, 0.25) is 5.02 Å². The molecule has 2 aromatic rings. The van der Waals surface area contributed by atoms with E-state index in [-0.39, 0.29) is 0 Å². The van der Waals surface area contributed by atoms with E-state index in [1.54, 1.807) is 12.3 Å². The Morgan fingerprint density at radius 2 is 2.12 bits per heavy atom. The zero-order chi connectivity index (χ0) is 11.5. The summed E-state index contributed by atoms with van der Waals surface area (Å²) in [5, 5.41) is 0.719. The summed E-state index contributed by atoms with van der Waals surface area (Å²) < 4.78 is 2.10. The molecule has 2 rings (SSSR count). The van der Waals surface area contributed by atoms with Crippen molar-refractivity contribution in [3.05, 3.63) is 47.3 Å². The maximum absolute atomic E-state index is 5.92. The minimum absolute atomic E-state index is 0.411. The first-order valence-corrected chi connectivity index (χ1v) is 5.66. The molecular weight excluding hydrogens is 222 g/mol. The van der Waals surface area contributed by atoms with E-state index < -0.39 is 0 Å². The lowest BCUT2D eigenvalue weighted by Gasteiger charge is -2.09. The fraction of sp³-hybridized carbons (Fsp3) is 0.333. The molecule has 0 radical (unpaired) electrons. The molecule has 0 spiro atoms. The molecule has 0 saturated heterocycles. The second kappa shape index (κ2) is 4.66. The Kier molecular flexibility index (Phi) is 3.25. The monoisotopic (exact) mass is 235 g/mol. The molecule has 0 saturated carbocycles. The normalized spacial score (nSPS) is 11.0. The van der Waals surface area contributed by atoms with Crippen molar-refractivity contribution in [1.29, 1.82) is 0 Å². The summed E-state index contributed by atoms with van der Waals surface area (Å²) in [6.45, 7) is 4.97. The zero-order valence-corrected chi connectivity index (χ0v) is 10.1. The van der Waals surface area contributed by atoms with Gasteiger partial charge in [-0.3, -0.25) is 4.98 Å². The number of pyridine rings is 1. The van der Waals surface area contributed by atoms with E-state index in [4.69, 9.17) is 11.6 Å². The summed E-state index contributed by atoms with van der Waals surface area (Å²) in [4.78, 5) is 8.62. The molecule has 0 aromatic carbocycles. The molecular formula is C12H14ClN3. The van der Waals surface area contributed by atoms with Crippen molar-refractivity contribution in [2.75, 3.05) is 0 Å². The van der Waals surface area contributed by atoms with Gasteiger partial charge in [-0.15, -0.1) is 0 Å². The highest BCUT2D eigenvalue weighted by Gasteiger charge is 2.07. The Bertz CT molecular complexity index is 477. The van der Waals surface area contributed by atoms with Crippen LogP contribution in [0, 0.1) is 0 Å². The maximum Gasteiger partial charge on any atom is 0.111 e. The van der Waals surface area contributed by atoms with E-state index in [1.165, 1.54) is 0 Å². The van der Waals surface area contributed by atoms with Gasteiger partial charge >= 0.3 is 0 Å². The molecule has 0 unspecified atom stereocenters. The van der Waals surface area contributed by atoms with E-state index in [1.807, 2.05) is 18.5 Å². The first kappa shape index (κ1) is 11.1. The van der Waals surface area contributed by atoms with Crippen LogP contribution in [0.1, 0.15) is 31.3 Å². The molecule has 0 aliphatic rings. The first-order valence-electron chi connectivity index (χ1n) is 5.28. The van der Waals surface area contributed by atoms with Crippen molar-refractivity contribution in [3.63, 3.8) is 0 Å². The molecule has 16 heavy (non-hydrogen) atoms. The molecule has 0 amide bonds. The number of imidazole rings is 1. The fourth-order valence-corrected chi connectivity index (χ4v) is 1.85. The lowest BCUT2D eigenvalue weighted by Crippen LogP contribution is -2.06. The quantitative estimate of drug-likeness (QED) is 0.819. The smallest absolute Gasteiger partial charge is 0.111 e. The zero-order valence-electron chi connectivity index (χ0n) is 9.39. The van der Waals surface area contributed by atoms with Crippen LogP contribution in [0.5, 0.6) is 0 Å². The number of rotatable bonds is 3. The van der Waals surface area contributed by atoms with Crippen LogP contribution in [0.4, 0.5) is 0 Å². The third kappa shape index (κ3) is 2.42. The molecule has 0 N–H and O–H groups in total. The van der Waals surface area contributed by atoms with Gasteiger partial charge in [0.05, 0.1) is 12.2 Å². The van der Waals surface area contributed by atoms with E-state index in [0.717, 1.165) is 16.5 Å². The number of halogens is 1. The Balaban J connectivity index is 2.24. The van der Waals surface area contributed by atoms with Crippen molar-refractivity contribution in [2.24, 2.45) is 0 Å². The number of hydrogen-bond donors (Lipinski definition) is 0. The fourth-order valence-electron chi connectivity index (χ4n) is 1.66. The molecule has 2 heterocycles. The van der Waals surface area contributed by atoms with Gasteiger partial charge in [0, 0.05) is 29.5 Å². The highest BCUT2D eigenvalue weighted by Crippen LogP contribution is 2.14. The Labute approximate surface area is 100 Å². The van der Waals surface area contributed by atoms with Crippen LogP contribution in [-0.4, -0.2) is 14.5 Å². The number of hydrogen-bond acceptors (Lipinski definition) is 2. The Hall–Kier alpha value is -1.35. The molecule has 84 valence electrons. The van der Waals surface area contributed by atoms with Gasteiger partial charge in [-0.05, 0) is 12.1 Å². The molecule has 2 aromatic heterocycles. The summed E-state index contributed by atoms with van der Waals surface area (Å²) in [5.41, 5.74) is 0.951. The molecule has 3 nitrogen and oxygen atoms in total. The van der Waals surface area contributed by atoms with Crippen LogP contribution in [0.3, 0.4) is 0 Å². The average Bonchev–Trinajstić information content (AvgIpc) is 2.66. The van der Waals surface area contributed by atoms with Crippen LogP contribution < -0.4 is 0 Å². The average molecular weight is 236 g/mol. The summed E-state index contributed by atoms with van der Waals surface area (Å²) in [6, 6.07) is 3.66. The topological polar surface area (TPSA) is 30.7 Å². The van der Waals surface area contributed by atoms with Crippen molar-refractivity contribution in [1.82, 2.24) is 14.5 Å². The van der Waals surface area contributed by atoms with E-state index in [0.29, 0.717) is 12.5 Å². The van der Waals surface area contributed by atoms with Crippen molar-refractivity contribution in [3.8, 4) is 0 Å². The Morgan fingerprint density at radius 1 is 1.31 bits per heavy atom. The highest BCUT2D eigenvalue weighted by molar-refractivity contribution is 6.30. The lowest BCUT2D eigenvalue weighted by molar-refractivity contribution is 0.661. The molecule has 0 fully saturated rings. The minimum atomic E-state index is 0.411. The van der Waals surface area contributed by atoms with Crippen LogP contribution in [0.15, 0.2) is 30.7 Å². The predicted molar refractivity (Wildman–Crippen MR) is 64.7 cm³/mol. The van der Waals surface area contributed by atoms with Gasteiger partial charge in [0.15, 0.2) is 0 Å². The number of nitrogens with zero attached hydrogens (tertiary/aromatic N) is 3. The van der Waals surface area contributed by atoms with Gasteiger partial charge < -0.3 is 4.57 Å². The van der Waals surface area contributed by atoms with E-state index in [9.17, 15) is 0 Å². The summed E-state index contributed by atoms with van der Waals surface area (Å²) in [5.74, 6) is 1.48. The van der Waals surface area contributed by atoms with E-state index >= 15 is 0 Å². The van der Waals surface area contributed by atoms with Gasteiger partial charge in [-0.25, -0.2) is 4.98 Å². The third-order valence-electron chi connectivity index (χ3n) is 2.38. The predicted octanol–water partition coefficient (Wildman–Crippen LogP) is 3.10. The summed E-state index contributed by atoms with van der Waals surface area (Å²) >= 11 is 5.92. The van der Waals surface area contributed by atoms with Crippen LogP contribution in [-0.2, 0) is 6.54 Å². The summed E-state index contributed by atoms with van der Waals surface area (Å²) in [7, 11) is 0. The SMILES string of the molecule is CC(C)c1nccn1Cc1cc(Cl)ccn1. The first-order chi connectivity index (χ1) is 7.66. The molecule has 0 atom stereocenters. The molecule has 0 bridgehead atoms. The second-order valence-electron chi connectivity index (χ2n) is 4.03. The van der Waals surface area contributed by atoms with Crippen molar-refractivity contribution < 1.29 is 0 Å². The summed E-state index contributed by atoms with van der Waals surface area (Å²) in [6.07, 6.45) is 5.52. The van der Waals surface area contributed by atoms with Crippen molar-refractivity contribution >= 4 is 11.6 Å². The highest BCUT2D eigenvalue weighted by atomic mass is 35.5. The van der Waals surface area contributed by atoms with Gasteiger partial charge in [-0.1, -0.05) is 25.4 Å². The molecule has 4 heteroatoms. The van der Waals surface area contributed by atoms with Gasteiger partial charge in [0.2, 0.25) is 0 Å². The van der Waals surface area contributed by atoms with Gasteiger partial charge in [-0.2, -0.15) is 0 Å².